The molecule has 1 aromatic carbocycles. The molecule has 1 aliphatic carbocycles. The Bertz CT molecular complexity index is 1910. The number of hydroxylamine groups is 1. The summed E-state index contributed by atoms with van der Waals surface area (Å²) in [6, 6.07) is 10.6. The van der Waals surface area contributed by atoms with Gasteiger partial charge in [-0.05, 0) is 74.8 Å². The number of thiophene rings is 1. The lowest BCUT2D eigenvalue weighted by Gasteiger charge is -2.38. The number of alkyl halides is 3. The number of rotatable bonds is 12. The van der Waals surface area contributed by atoms with Gasteiger partial charge in [0.1, 0.15) is 28.7 Å². The molecule has 53 heavy (non-hydrogen) atoms. The molecular weight excluding hydrogens is 724 g/mol. The second kappa shape index (κ2) is 16.4. The topological polar surface area (TPSA) is 123 Å². The standard InChI is InChI=1S/C37H48F3N9O2S2/c1-25(46-13-15-47(16-14-46)53(51)49(50)22-27-5-3-4-6-27)21-48-30(20-41)17-32-26(2)28(7-8-34(32)48)23-45-11-9-29(10-12-45)44-35-33-18-31(19-37(38,39)40)52-36(33)43-24-42-35/h7-8,17-18,24-25,27,29,50H,3-6,9-16,19,21-23H2,1-2H3,(H,42,43,44). The predicted molar refractivity (Wildman–Crippen MR) is 202 cm³/mol. The van der Waals surface area contributed by atoms with E-state index in [1.807, 2.05) is 10.4 Å². The molecule has 5 heterocycles. The van der Waals surface area contributed by atoms with Gasteiger partial charge in [-0.3, -0.25) is 15.0 Å². The van der Waals surface area contributed by atoms with E-state index in [-0.39, 0.29) is 17.0 Å². The molecule has 2 atom stereocenters. The molecule has 286 valence electrons. The Balaban J connectivity index is 0.934. The lowest BCUT2D eigenvalue weighted by atomic mass is 10.0. The van der Waals surface area contributed by atoms with Crippen LogP contribution in [-0.2, 0) is 31.1 Å². The number of piperidine rings is 1. The molecule has 0 amide bonds. The first kappa shape index (κ1) is 38.3. The maximum atomic E-state index is 13.0. The van der Waals surface area contributed by atoms with Crippen LogP contribution in [0.2, 0.25) is 0 Å². The Labute approximate surface area is 315 Å². The van der Waals surface area contributed by atoms with Crippen molar-refractivity contribution in [1.29, 1.82) is 5.26 Å². The third kappa shape index (κ3) is 8.94. The van der Waals surface area contributed by atoms with Crippen LogP contribution in [0.5, 0.6) is 0 Å². The highest BCUT2D eigenvalue weighted by molar-refractivity contribution is 7.86. The SMILES string of the molecule is Cc1c(CN2CCC(Nc3ncnc4sc(CC(F)(F)F)cc34)CC2)ccc2c1cc(C#N)n2CC(C)N1CCN([S+]([O-])N(O)CC2CCCC2)CC1. The van der Waals surface area contributed by atoms with Crippen LogP contribution in [0.25, 0.3) is 21.1 Å². The molecule has 3 aromatic heterocycles. The minimum absolute atomic E-state index is 0.157. The average Bonchev–Trinajstić information content (AvgIpc) is 3.89. The normalized spacial score (nSPS) is 20.1. The number of fused-ring (bicyclic) bond motifs is 2. The first-order valence-electron chi connectivity index (χ1n) is 18.6. The van der Waals surface area contributed by atoms with Gasteiger partial charge >= 0.3 is 6.18 Å². The maximum Gasteiger partial charge on any atom is 0.393 e. The molecule has 0 bridgehead atoms. The first-order chi connectivity index (χ1) is 25.5. The van der Waals surface area contributed by atoms with Crippen LogP contribution in [0.4, 0.5) is 19.0 Å². The monoisotopic (exact) mass is 771 g/mol. The van der Waals surface area contributed by atoms with E-state index >= 15 is 0 Å². The Morgan fingerprint density at radius 3 is 2.51 bits per heavy atom. The van der Waals surface area contributed by atoms with E-state index in [1.165, 1.54) is 30.3 Å². The number of aromatic nitrogens is 3. The van der Waals surface area contributed by atoms with Gasteiger partial charge in [-0.25, -0.2) is 9.97 Å². The highest BCUT2D eigenvalue weighted by Crippen LogP contribution is 2.34. The van der Waals surface area contributed by atoms with Crippen LogP contribution in [0, 0.1) is 24.2 Å². The van der Waals surface area contributed by atoms with Crippen LogP contribution in [0.1, 0.15) is 67.1 Å². The van der Waals surface area contributed by atoms with Crippen molar-refractivity contribution in [3.8, 4) is 6.07 Å². The average molecular weight is 772 g/mol. The van der Waals surface area contributed by atoms with Crippen molar-refractivity contribution in [3.63, 3.8) is 0 Å². The van der Waals surface area contributed by atoms with E-state index < -0.39 is 24.1 Å². The number of benzene rings is 1. The zero-order chi connectivity index (χ0) is 37.3. The van der Waals surface area contributed by atoms with Gasteiger partial charge in [0.05, 0.1) is 31.4 Å². The molecule has 1 saturated carbocycles. The fourth-order valence-electron chi connectivity index (χ4n) is 8.25. The zero-order valence-electron chi connectivity index (χ0n) is 30.3. The number of hydrogen-bond acceptors (Lipinski definition) is 11. The van der Waals surface area contributed by atoms with E-state index in [0.717, 1.165) is 85.1 Å². The second-order valence-corrected chi connectivity index (χ2v) is 17.4. The Morgan fingerprint density at radius 2 is 1.81 bits per heavy atom. The number of anilines is 1. The predicted octanol–water partition coefficient (Wildman–Crippen LogP) is 6.47. The molecule has 3 fully saturated rings. The smallest absolute Gasteiger partial charge is 0.393 e. The van der Waals surface area contributed by atoms with Crippen LogP contribution >= 0.6 is 11.3 Å². The van der Waals surface area contributed by atoms with Crippen molar-refractivity contribution >= 4 is 49.8 Å². The summed E-state index contributed by atoms with van der Waals surface area (Å²) in [7, 11) is 0. The minimum Gasteiger partial charge on any atom is -0.577 e. The molecule has 2 saturated heterocycles. The van der Waals surface area contributed by atoms with Gasteiger partial charge in [0.15, 0.2) is 11.5 Å². The summed E-state index contributed by atoms with van der Waals surface area (Å²) in [6.45, 7) is 10.6. The van der Waals surface area contributed by atoms with Gasteiger partial charge in [-0.15, -0.1) is 15.6 Å². The minimum atomic E-state index is -4.27. The van der Waals surface area contributed by atoms with Crippen molar-refractivity contribution < 1.29 is 22.9 Å². The molecule has 0 radical (unpaired) electrons. The Morgan fingerprint density at radius 1 is 1.08 bits per heavy atom. The summed E-state index contributed by atoms with van der Waals surface area (Å²) in [5.74, 6) is 1.01. The number of hydrogen-bond donors (Lipinski definition) is 2. The van der Waals surface area contributed by atoms with E-state index in [0.29, 0.717) is 53.8 Å². The van der Waals surface area contributed by atoms with Gasteiger partial charge in [0.2, 0.25) is 0 Å². The summed E-state index contributed by atoms with van der Waals surface area (Å²) < 4.78 is 57.0. The van der Waals surface area contributed by atoms with Gasteiger partial charge in [-0.2, -0.15) is 18.4 Å². The molecule has 2 unspecified atom stereocenters. The summed E-state index contributed by atoms with van der Waals surface area (Å²) in [4.78, 5) is 14.2. The second-order valence-electron chi connectivity index (χ2n) is 14.9. The number of halogens is 3. The van der Waals surface area contributed by atoms with Crippen molar-refractivity contribution in [2.24, 2.45) is 5.92 Å². The highest BCUT2D eigenvalue weighted by atomic mass is 32.2. The number of nitriles is 1. The molecule has 11 nitrogen and oxygen atoms in total. The first-order valence-corrected chi connectivity index (χ1v) is 20.5. The quantitative estimate of drug-likeness (QED) is 0.122. The molecule has 0 spiro atoms. The van der Waals surface area contributed by atoms with Crippen LogP contribution in [0.15, 0.2) is 30.6 Å². The number of piperazine rings is 1. The van der Waals surface area contributed by atoms with E-state index in [9.17, 15) is 28.2 Å². The van der Waals surface area contributed by atoms with Gasteiger partial charge < -0.3 is 14.4 Å². The van der Waals surface area contributed by atoms with Crippen LogP contribution < -0.4 is 5.32 Å². The summed E-state index contributed by atoms with van der Waals surface area (Å²) in [6.07, 6.45) is 2.48. The Hall–Kier alpha value is -3.01. The molecule has 16 heteroatoms. The number of likely N-dealkylation sites (tertiary alicyclic amines) is 1. The largest absolute Gasteiger partial charge is 0.577 e. The van der Waals surface area contributed by atoms with E-state index in [2.05, 4.69) is 61.7 Å². The van der Waals surface area contributed by atoms with Crippen molar-refractivity contribution in [1.82, 2.24) is 33.1 Å². The third-order valence-corrected chi connectivity index (χ3v) is 13.7. The molecule has 2 aliphatic heterocycles. The summed E-state index contributed by atoms with van der Waals surface area (Å²) in [5.41, 5.74) is 4.07. The Kier molecular flexibility index (Phi) is 11.8. The van der Waals surface area contributed by atoms with E-state index in [1.54, 1.807) is 6.07 Å². The maximum absolute atomic E-state index is 13.0. The fraction of sp³-hybridized carbons (Fsp3) is 0.595. The summed E-state index contributed by atoms with van der Waals surface area (Å²) >= 11 is -0.486. The molecule has 7 rings (SSSR count). The van der Waals surface area contributed by atoms with E-state index in [4.69, 9.17) is 0 Å². The summed E-state index contributed by atoms with van der Waals surface area (Å²) in [5, 5.41) is 25.8. The number of nitrogens with one attached hydrogen (secondary N) is 1. The molecule has 4 aromatic rings. The van der Waals surface area contributed by atoms with Gasteiger partial charge in [0.25, 0.3) is 0 Å². The third-order valence-electron chi connectivity index (χ3n) is 11.3. The number of nitrogens with zero attached hydrogens (tertiary/aromatic N) is 8. The lowest BCUT2D eigenvalue weighted by molar-refractivity contribution is -0.126. The van der Waals surface area contributed by atoms with Crippen molar-refractivity contribution in [2.75, 3.05) is 51.1 Å². The molecule has 3 aliphatic rings. The lowest BCUT2D eigenvalue weighted by Crippen LogP contribution is -2.55. The van der Waals surface area contributed by atoms with Crippen LogP contribution in [-0.4, -0.2) is 107 Å². The highest BCUT2D eigenvalue weighted by Gasteiger charge is 2.34. The van der Waals surface area contributed by atoms with Crippen molar-refractivity contribution in [3.05, 3.63) is 52.3 Å². The number of aryl methyl sites for hydroxylation is 1. The van der Waals surface area contributed by atoms with Gasteiger partial charge in [0, 0.05) is 71.6 Å². The zero-order valence-corrected chi connectivity index (χ0v) is 31.9. The molecule has 2 N–H and O–H groups in total. The molecular formula is C37H48F3N9O2S2. The fourth-order valence-corrected chi connectivity index (χ4v) is 10.4. The van der Waals surface area contributed by atoms with Crippen LogP contribution in [0.3, 0.4) is 0 Å². The van der Waals surface area contributed by atoms with Crippen molar-refractivity contribution in [2.45, 2.75) is 90.1 Å². The van der Waals surface area contributed by atoms with Gasteiger partial charge in [-0.1, -0.05) is 18.9 Å².